The van der Waals surface area contributed by atoms with Crippen LogP contribution in [-0.4, -0.2) is 30.1 Å². The van der Waals surface area contributed by atoms with Crippen molar-refractivity contribution in [1.82, 2.24) is 10.2 Å². The van der Waals surface area contributed by atoms with Crippen LogP contribution >= 0.6 is 0 Å². The van der Waals surface area contributed by atoms with Gasteiger partial charge < -0.3 is 5.32 Å². The first-order valence-electron chi connectivity index (χ1n) is 6.14. The summed E-state index contributed by atoms with van der Waals surface area (Å²) >= 11 is 0. The summed E-state index contributed by atoms with van der Waals surface area (Å²) in [6.45, 7) is 10.2. The van der Waals surface area contributed by atoms with Gasteiger partial charge in [0.25, 0.3) is 0 Å². The highest BCUT2D eigenvalue weighted by atomic mass is 15.3. The van der Waals surface area contributed by atoms with Gasteiger partial charge in [-0.1, -0.05) is 30.3 Å². The highest BCUT2D eigenvalue weighted by Gasteiger charge is 2.33. The third kappa shape index (κ3) is 2.28. The minimum Gasteiger partial charge on any atom is -0.314 e. The highest BCUT2D eigenvalue weighted by Crippen LogP contribution is 2.28. The summed E-state index contributed by atoms with van der Waals surface area (Å²) in [6.07, 6.45) is 0. The fourth-order valence-electron chi connectivity index (χ4n) is 2.63. The van der Waals surface area contributed by atoms with Crippen LogP contribution in [0.25, 0.3) is 0 Å². The molecule has 0 amide bonds. The molecular weight excluding hydrogens is 196 g/mol. The number of nitrogens with zero attached hydrogens (tertiary/aromatic N) is 1. The Balaban J connectivity index is 2.17. The molecule has 0 bridgehead atoms. The van der Waals surface area contributed by atoms with Crippen molar-refractivity contribution in [3.8, 4) is 0 Å². The van der Waals surface area contributed by atoms with Gasteiger partial charge in [0.1, 0.15) is 0 Å². The van der Waals surface area contributed by atoms with E-state index in [0.717, 1.165) is 19.6 Å². The average Bonchev–Trinajstić information content (AvgIpc) is 2.29. The molecule has 1 aliphatic heterocycles. The van der Waals surface area contributed by atoms with Gasteiger partial charge in [-0.3, -0.25) is 4.90 Å². The zero-order valence-corrected chi connectivity index (χ0v) is 10.5. The second-order valence-electron chi connectivity index (χ2n) is 5.27. The number of rotatable bonds is 2. The Hall–Kier alpha value is -0.860. The molecule has 1 N–H and O–H groups in total. The Labute approximate surface area is 98.7 Å². The van der Waals surface area contributed by atoms with E-state index in [1.54, 1.807) is 0 Å². The number of nitrogens with one attached hydrogen (secondary N) is 1. The summed E-state index contributed by atoms with van der Waals surface area (Å²) in [5.41, 5.74) is 1.66. The van der Waals surface area contributed by atoms with Crippen LogP contribution in [0.3, 0.4) is 0 Å². The maximum absolute atomic E-state index is 3.47. The molecule has 2 nitrogen and oxygen atoms in total. The summed E-state index contributed by atoms with van der Waals surface area (Å²) < 4.78 is 0. The maximum atomic E-state index is 3.47. The van der Waals surface area contributed by atoms with Crippen LogP contribution < -0.4 is 5.32 Å². The first-order chi connectivity index (χ1) is 7.61. The second-order valence-corrected chi connectivity index (χ2v) is 5.27. The molecule has 0 aromatic heterocycles. The van der Waals surface area contributed by atoms with E-state index in [1.807, 2.05) is 0 Å². The molecule has 1 fully saturated rings. The number of hydrogen-bond acceptors (Lipinski definition) is 2. The van der Waals surface area contributed by atoms with Gasteiger partial charge in [0.15, 0.2) is 0 Å². The molecule has 1 aromatic rings. The van der Waals surface area contributed by atoms with Crippen molar-refractivity contribution in [1.29, 1.82) is 0 Å². The fraction of sp³-hybridized carbons (Fsp3) is 0.571. The van der Waals surface area contributed by atoms with Crippen molar-refractivity contribution in [3.05, 3.63) is 35.9 Å². The van der Waals surface area contributed by atoms with Gasteiger partial charge in [-0.05, 0) is 26.3 Å². The van der Waals surface area contributed by atoms with Crippen molar-refractivity contribution in [2.24, 2.45) is 0 Å². The quantitative estimate of drug-likeness (QED) is 0.820. The monoisotopic (exact) mass is 218 g/mol. The average molecular weight is 218 g/mol. The zero-order chi connectivity index (χ0) is 11.6. The number of benzene rings is 1. The van der Waals surface area contributed by atoms with Gasteiger partial charge in [-0.15, -0.1) is 0 Å². The third-order valence-electron chi connectivity index (χ3n) is 3.61. The molecule has 2 heteroatoms. The van der Waals surface area contributed by atoms with E-state index < -0.39 is 0 Å². The summed E-state index contributed by atoms with van der Waals surface area (Å²) in [5.74, 6) is 0. The molecule has 0 saturated carbocycles. The van der Waals surface area contributed by atoms with Crippen molar-refractivity contribution in [2.75, 3.05) is 19.6 Å². The Morgan fingerprint density at radius 1 is 1.25 bits per heavy atom. The minimum atomic E-state index is 0.244. The van der Waals surface area contributed by atoms with Crippen molar-refractivity contribution in [2.45, 2.75) is 32.4 Å². The standard InChI is InChI=1S/C14H22N2/c1-12(13-7-5-4-6-8-13)16-10-9-15-11-14(16,2)3/h4-8,12,15H,9-11H2,1-3H3. The molecule has 16 heavy (non-hydrogen) atoms. The predicted octanol–water partition coefficient (Wildman–Crippen LogP) is 2.43. The van der Waals surface area contributed by atoms with Gasteiger partial charge in [-0.25, -0.2) is 0 Å². The molecule has 0 radical (unpaired) electrons. The van der Waals surface area contributed by atoms with Crippen LogP contribution in [0.4, 0.5) is 0 Å². The van der Waals surface area contributed by atoms with Gasteiger partial charge in [0, 0.05) is 31.2 Å². The van der Waals surface area contributed by atoms with E-state index in [2.05, 4.69) is 61.3 Å². The lowest BCUT2D eigenvalue weighted by Crippen LogP contribution is -2.58. The van der Waals surface area contributed by atoms with Crippen LogP contribution in [0.5, 0.6) is 0 Å². The smallest absolute Gasteiger partial charge is 0.0326 e. The van der Waals surface area contributed by atoms with Crippen molar-refractivity contribution < 1.29 is 0 Å². The zero-order valence-electron chi connectivity index (χ0n) is 10.5. The largest absolute Gasteiger partial charge is 0.314 e. The Kier molecular flexibility index (Phi) is 3.31. The summed E-state index contributed by atoms with van der Waals surface area (Å²) in [5, 5.41) is 3.47. The van der Waals surface area contributed by atoms with E-state index in [-0.39, 0.29) is 5.54 Å². The van der Waals surface area contributed by atoms with E-state index in [4.69, 9.17) is 0 Å². The summed E-state index contributed by atoms with van der Waals surface area (Å²) in [7, 11) is 0. The van der Waals surface area contributed by atoms with Gasteiger partial charge in [0.05, 0.1) is 0 Å². The maximum Gasteiger partial charge on any atom is 0.0326 e. The predicted molar refractivity (Wildman–Crippen MR) is 68.5 cm³/mol. The Morgan fingerprint density at radius 3 is 2.56 bits per heavy atom. The van der Waals surface area contributed by atoms with E-state index in [1.165, 1.54) is 5.56 Å². The Morgan fingerprint density at radius 2 is 1.94 bits per heavy atom. The lowest BCUT2D eigenvalue weighted by Gasteiger charge is -2.46. The SMILES string of the molecule is CC(c1ccccc1)N1CCNCC1(C)C. The molecule has 0 aliphatic carbocycles. The van der Waals surface area contributed by atoms with E-state index >= 15 is 0 Å². The third-order valence-corrected chi connectivity index (χ3v) is 3.61. The van der Waals surface area contributed by atoms with E-state index in [0.29, 0.717) is 6.04 Å². The lowest BCUT2D eigenvalue weighted by molar-refractivity contribution is 0.0517. The van der Waals surface area contributed by atoms with E-state index in [9.17, 15) is 0 Å². The first-order valence-corrected chi connectivity index (χ1v) is 6.14. The number of piperazine rings is 1. The molecular formula is C14H22N2. The number of hydrogen-bond donors (Lipinski definition) is 1. The van der Waals surface area contributed by atoms with Gasteiger partial charge in [-0.2, -0.15) is 0 Å². The fourth-order valence-corrected chi connectivity index (χ4v) is 2.63. The summed E-state index contributed by atoms with van der Waals surface area (Å²) in [6, 6.07) is 11.3. The molecule has 1 saturated heterocycles. The lowest BCUT2D eigenvalue weighted by atomic mass is 9.95. The van der Waals surface area contributed by atoms with Crippen LogP contribution in [0.1, 0.15) is 32.4 Å². The van der Waals surface area contributed by atoms with Gasteiger partial charge in [0.2, 0.25) is 0 Å². The molecule has 1 unspecified atom stereocenters. The first kappa shape index (κ1) is 11.6. The van der Waals surface area contributed by atoms with Crippen molar-refractivity contribution in [3.63, 3.8) is 0 Å². The van der Waals surface area contributed by atoms with Crippen LogP contribution in [0, 0.1) is 0 Å². The Bertz CT molecular complexity index is 332. The molecule has 88 valence electrons. The molecule has 1 atom stereocenters. The summed E-state index contributed by atoms with van der Waals surface area (Å²) in [4.78, 5) is 2.60. The molecule has 1 heterocycles. The topological polar surface area (TPSA) is 15.3 Å². The molecule has 1 aromatic carbocycles. The normalized spacial score (nSPS) is 22.9. The highest BCUT2D eigenvalue weighted by molar-refractivity contribution is 5.19. The van der Waals surface area contributed by atoms with Crippen LogP contribution in [0.15, 0.2) is 30.3 Å². The second kappa shape index (κ2) is 4.56. The molecule has 2 rings (SSSR count). The molecule has 1 aliphatic rings. The van der Waals surface area contributed by atoms with Crippen LogP contribution in [-0.2, 0) is 0 Å². The van der Waals surface area contributed by atoms with Crippen LogP contribution in [0.2, 0.25) is 0 Å². The minimum absolute atomic E-state index is 0.244. The molecule has 0 spiro atoms. The van der Waals surface area contributed by atoms with Gasteiger partial charge >= 0.3 is 0 Å². The van der Waals surface area contributed by atoms with Crippen molar-refractivity contribution >= 4 is 0 Å².